The second kappa shape index (κ2) is 13.1. The molecule has 0 bridgehead atoms. The Bertz CT molecular complexity index is 900. The van der Waals surface area contributed by atoms with E-state index in [1.807, 2.05) is 0 Å². The van der Waals surface area contributed by atoms with Crippen LogP contribution in [0.1, 0.15) is 56.6 Å². The van der Waals surface area contributed by atoms with Crippen LogP contribution in [0.4, 0.5) is 0 Å². The number of carbonyl (C=O) groups excluding carboxylic acids is 3. The summed E-state index contributed by atoms with van der Waals surface area (Å²) in [5, 5.41) is 14.8. The molecule has 5 N–H and O–H groups in total. The number of esters is 1. The number of carbonyl (C=O) groups is 3. The first-order chi connectivity index (χ1) is 16.9. The number of oxime groups is 1. The first-order valence-corrected chi connectivity index (χ1v) is 12.1. The minimum absolute atomic E-state index is 0.00351. The van der Waals surface area contributed by atoms with Gasteiger partial charge in [-0.25, -0.2) is 5.48 Å². The molecule has 0 spiro atoms. The highest BCUT2D eigenvalue weighted by Gasteiger charge is 2.42. The summed E-state index contributed by atoms with van der Waals surface area (Å²) in [6.45, 7) is 2.59. The third-order valence-electron chi connectivity index (χ3n) is 6.53. The van der Waals surface area contributed by atoms with Crippen molar-refractivity contribution in [3.05, 3.63) is 35.4 Å². The summed E-state index contributed by atoms with van der Waals surface area (Å²) in [7, 11) is 0. The van der Waals surface area contributed by atoms with Crippen LogP contribution in [0.2, 0.25) is 0 Å². The Labute approximate surface area is 204 Å². The van der Waals surface area contributed by atoms with Crippen LogP contribution < -0.4 is 16.5 Å². The highest BCUT2D eigenvalue weighted by molar-refractivity contribution is 5.97. The molecule has 2 atom stereocenters. The average molecular weight is 490 g/mol. The van der Waals surface area contributed by atoms with Gasteiger partial charge in [0, 0.05) is 12.1 Å². The zero-order chi connectivity index (χ0) is 25.2. The monoisotopic (exact) mass is 489 g/mol. The molecule has 1 saturated carbocycles. The van der Waals surface area contributed by atoms with Crippen LogP contribution in [0.5, 0.6) is 0 Å². The number of hydrogen-bond donors (Lipinski definition) is 4. The summed E-state index contributed by atoms with van der Waals surface area (Å²) in [4.78, 5) is 44.8. The second-order valence-corrected chi connectivity index (χ2v) is 8.83. The molecule has 11 heteroatoms. The highest BCUT2D eigenvalue weighted by Crippen LogP contribution is 2.29. The van der Waals surface area contributed by atoms with Crippen molar-refractivity contribution in [1.29, 1.82) is 0 Å². The van der Waals surface area contributed by atoms with Gasteiger partial charge in [0.15, 0.2) is 5.84 Å². The molecule has 2 amide bonds. The average Bonchev–Trinajstić information content (AvgIpc) is 2.84. The fraction of sp³-hybridized carbons (Fsp3) is 0.583. The molecule has 1 saturated heterocycles. The third-order valence-corrected chi connectivity index (χ3v) is 6.53. The van der Waals surface area contributed by atoms with E-state index in [2.05, 4.69) is 16.0 Å². The molecule has 192 valence electrons. The van der Waals surface area contributed by atoms with Gasteiger partial charge in [0.2, 0.25) is 5.91 Å². The second-order valence-electron chi connectivity index (χ2n) is 8.83. The minimum Gasteiger partial charge on any atom is -0.465 e. The maximum atomic E-state index is 13.4. The van der Waals surface area contributed by atoms with E-state index >= 15 is 0 Å². The van der Waals surface area contributed by atoms with Crippen LogP contribution in [0, 0.1) is 5.92 Å². The highest BCUT2D eigenvalue weighted by atomic mass is 16.7. The summed E-state index contributed by atoms with van der Waals surface area (Å²) in [5.74, 6) is -0.813. The van der Waals surface area contributed by atoms with Crippen molar-refractivity contribution in [2.24, 2.45) is 16.8 Å². The summed E-state index contributed by atoms with van der Waals surface area (Å²) < 4.78 is 4.99. The molecule has 0 aromatic heterocycles. The van der Waals surface area contributed by atoms with Gasteiger partial charge < -0.3 is 20.6 Å². The number of nitrogens with zero attached hydrogens (tertiary/aromatic N) is 2. The fourth-order valence-electron chi connectivity index (χ4n) is 4.52. The lowest BCUT2D eigenvalue weighted by Gasteiger charge is -2.43. The Balaban J connectivity index is 1.53. The molecule has 1 aromatic carbocycles. The van der Waals surface area contributed by atoms with Gasteiger partial charge in [-0.3, -0.25) is 24.5 Å². The van der Waals surface area contributed by atoms with Crippen molar-refractivity contribution in [3.8, 4) is 0 Å². The normalized spacial score (nSPS) is 19.5. The van der Waals surface area contributed by atoms with E-state index in [1.165, 1.54) is 0 Å². The summed E-state index contributed by atoms with van der Waals surface area (Å²) >= 11 is 0. The fourth-order valence-corrected chi connectivity index (χ4v) is 4.52. The van der Waals surface area contributed by atoms with E-state index in [1.54, 1.807) is 36.1 Å². The first-order valence-electron chi connectivity index (χ1n) is 12.1. The lowest BCUT2D eigenvalue weighted by atomic mass is 9.82. The number of amides is 2. The lowest BCUT2D eigenvalue weighted by Crippen LogP contribution is -2.63. The van der Waals surface area contributed by atoms with Gasteiger partial charge in [-0.2, -0.15) is 0 Å². The Morgan fingerprint density at radius 1 is 1.17 bits per heavy atom. The quantitative estimate of drug-likeness (QED) is 0.118. The number of benzene rings is 1. The van der Waals surface area contributed by atoms with Crippen LogP contribution in [-0.2, 0) is 30.6 Å². The van der Waals surface area contributed by atoms with E-state index < -0.39 is 18.1 Å². The van der Waals surface area contributed by atoms with E-state index in [4.69, 9.17) is 20.5 Å². The zero-order valence-electron chi connectivity index (χ0n) is 20.1. The first kappa shape index (κ1) is 26.4. The van der Waals surface area contributed by atoms with Gasteiger partial charge in [-0.15, -0.1) is 0 Å². The van der Waals surface area contributed by atoms with Gasteiger partial charge in [-0.05, 0) is 37.7 Å². The number of hydroxylamine groups is 1. The largest absolute Gasteiger partial charge is 0.465 e. The number of hydrogen-bond acceptors (Lipinski definition) is 8. The number of nitrogens with one attached hydrogen (secondary N) is 2. The molecule has 1 aromatic rings. The summed E-state index contributed by atoms with van der Waals surface area (Å²) in [5.41, 5.74) is 9.32. The molecule has 2 fully saturated rings. The van der Waals surface area contributed by atoms with Crippen LogP contribution in [-0.4, -0.2) is 65.5 Å². The molecule has 11 nitrogen and oxygen atoms in total. The van der Waals surface area contributed by atoms with Crippen molar-refractivity contribution in [2.45, 2.75) is 64.1 Å². The number of nitrogens with two attached hydrogens (primary N) is 1. The topological polar surface area (TPSA) is 156 Å². The minimum atomic E-state index is -0.610. The maximum Gasteiger partial charge on any atom is 0.319 e. The molecular weight excluding hydrogens is 454 g/mol. The van der Waals surface area contributed by atoms with Gasteiger partial charge in [0.1, 0.15) is 6.04 Å². The van der Waals surface area contributed by atoms with Gasteiger partial charge in [0.05, 0.1) is 25.8 Å². The van der Waals surface area contributed by atoms with Crippen LogP contribution in [0.3, 0.4) is 0 Å². The summed E-state index contributed by atoms with van der Waals surface area (Å²) in [6.07, 6.45) is 5.61. The van der Waals surface area contributed by atoms with Crippen molar-refractivity contribution in [1.82, 2.24) is 15.7 Å². The number of ether oxygens (including phenoxy) is 1. The van der Waals surface area contributed by atoms with Crippen LogP contribution in [0.25, 0.3) is 0 Å². The molecule has 3 rings (SSSR count). The van der Waals surface area contributed by atoms with E-state index in [-0.39, 0.29) is 43.3 Å². The van der Waals surface area contributed by atoms with Crippen molar-refractivity contribution in [3.63, 3.8) is 0 Å². The molecule has 1 aliphatic carbocycles. The van der Waals surface area contributed by atoms with Gasteiger partial charge >= 0.3 is 5.97 Å². The third kappa shape index (κ3) is 7.15. The van der Waals surface area contributed by atoms with Crippen LogP contribution >= 0.6 is 0 Å². The Kier molecular flexibility index (Phi) is 9.86. The van der Waals surface area contributed by atoms with E-state index in [0.717, 1.165) is 37.7 Å². The standard InChI is InChI=1S/C24H35N5O6/c1-2-34-20(30)14-26-21(17-6-4-3-5-7-17)24(32)29-13-12-19(29)23(31)28-35-15-16-8-10-18(11-9-16)22(25)27-33/h8-11,17,19,21,26,33H,2-7,12-15H2,1H3,(H2,25,27)(H,28,31). The summed E-state index contributed by atoms with van der Waals surface area (Å²) in [6, 6.07) is 5.70. The Morgan fingerprint density at radius 2 is 1.89 bits per heavy atom. The molecular formula is C24H35N5O6. The van der Waals surface area contributed by atoms with E-state index in [0.29, 0.717) is 18.5 Å². The zero-order valence-corrected chi connectivity index (χ0v) is 20.1. The van der Waals surface area contributed by atoms with Gasteiger partial charge in [-0.1, -0.05) is 48.7 Å². The number of likely N-dealkylation sites (tertiary alicyclic amines) is 1. The number of rotatable bonds is 11. The molecule has 2 aliphatic rings. The molecule has 2 unspecified atom stereocenters. The van der Waals surface area contributed by atoms with Crippen molar-refractivity contribution < 1.29 is 29.2 Å². The van der Waals surface area contributed by atoms with Crippen molar-refractivity contribution in [2.75, 3.05) is 19.7 Å². The maximum absolute atomic E-state index is 13.4. The molecule has 35 heavy (non-hydrogen) atoms. The number of amidine groups is 1. The lowest BCUT2D eigenvalue weighted by molar-refractivity contribution is -0.157. The Morgan fingerprint density at radius 3 is 2.49 bits per heavy atom. The predicted molar refractivity (Wildman–Crippen MR) is 127 cm³/mol. The molecule has 0 radical (unpaired) electrons. The van der Waals surface area contributed by atoms with Crippen LogP contribution in [0.15, 0.2) is 29.4 Å². The predicted octanol–water partition coefficient (Wildman–Crippen LogP) is 1.03. The smallest absolute Gasteiger partial charge is 0.319 e. The Hall–Kier alpha value is -3.18. The molecule has 1 aliphatic heterocycles. The van der Waals surface area contributed by atoms with Crippen molar-refractivity contribution >= 4 is 23.6 Å². The SMILES string of the molecule is CCOC(=O)CNC(C(=O)N1CCC1C(=O)NOCc1ccc(/C(N)=N/O)cc1)C1CCCCC1. The van der Waals surface area contributed by atoms with E-state index in [9.17, 15) is 14.4 Å². The molecule has 1 heterocycles. The van der Waals surface area contributed by atoms with Gasteiger partial charge in [0.25, 0.3) is 5.91 Å².